The van der Waals surface area contributed by atoms with E-state index in [0.717, 1.165) is 47.4 Å². The minimum Gasteiger partial charge on any atom is -0.375 e. The molecule has 6 nitrogen and oxygen atoms in total. The van der Waals surface area contributed by atoms with Crippen molar-refractivity contribution in [2.24, 2.45) is 0 Å². The molecule has 3 heterocycles. The molecule has 1 aromatic carbocycles. The Balaban J connectivity index is 1.41. The maximum atomic E-state index is 12.3. The number of amides is 1. The summed E-state index contributed by atoms with van der Waals surface area (Å²) in [5.74, 6) is 0.0552. The summed E-state index contributed by atoms with van der Waals surface area (Å²) in [7, 11) is 3.54. The Bertz CT molecular complexity index is 1280. The van der Waals surface area contributed by atoms with Gasteiger partial charge in [0.1, 0.15) is 5.65 Å². The number of morpholine rings is 1. The van der Waals surface area contributed by atoms with Crippen LogP contribution < -0.4 is 4.90 Å². The second kappa shape index (κ2) is 9.31. The molecular weight excluding hydrogens is 424 g/mol. The molecule has 0 spiro atoms. The lowest BCUT2D eigenvalue weighted by Crippen LogP contribution is -2.41. The van der Waals surface area contributed by atoms with Gasteiger partial charge in [-0.2, -0.15) is 0 Å². The fraction of sp³-hybridized carbons (Fsp3) is 0.286. The number of carbonyl (C=O) groups excluding carboxylic acids is 1. The molecule has 2 unspecified atom stereocenters. The van der Waals surface area contributed by atoms with Crippen molar-refractivity contribution in [1.29, 1.82) is 0 Å². The second-order valence-electron chi connectivity index (χ2n) is 9.13. The summed E-state index contributed by atoms with van der Waals surface area (Å²) in [6.07, 6.45) is 14.1. The van der Waals surface area contributed by atoms with Gasteiger partial charge in [0.2, 0.25) is 0 Å². The number of aromatic amines is 1. The van der Waals surface area contributed by atoms with Gasteiger partial charge in [-0.3, -0.25) is 4.79 Å². The van der Waals surface area contributed by atoms with Crippen LogP contribution in [0.15, 0.2) is 78.7 Å². The second-order valence-corrected chi connectivity index (χ2v) is 9.13. The lowest BCUT2D eigenvalue weighted by Gasteiger charge is -2.33. The minimum atomic E-state index is -0.000543. The number of nitrogens with zero attached hydrogens (tertiary/aromatic N) is 3. The topological polar surface area (TPSA) is 61.5 Å². The number of hydrogen-bond acceptors (Lipinski definition) is 4. The van der Waals surface area contributed by atoms with E-state index in [0.29, 0.717) is 5.57 Å². The highest BCUT2D eigenvalue weighted by Crippen LogP contribution is 2.32. The third kappa shape index (κ3) is 4.41. The van der Waals surface area contributed by atoms with Crippen LogP contribution in [0.4, 0.5) is 5.69 Å². The van der Waals surface area contributed by atoms with Crippen molar-refractivity contribution in [2.75, 3.05) is 38.7 Å². The molecule has 0 bridgehead atoms. The molecular formula is C28H30N4O2. The Morgan fingerprint density at radius 1 is 1.18 bits per heavy atom. The summed E-state index contributed by atoms with van der Waals surface area (Å²) in [6.45, 7) is 4.72. The van der Waals surface area contributed by atoms with E-state index in [1.165, 1.54) is 5.69 Å². The summed E-state index contributed by atoms with van der Waals surface area (Å²) in [5, 5.41) is 1.09. The molecule has 1 aliphatic carbocycles. The Morgan fingerprint density at radius 2 is 2.00 bits per heavy atom. The number of likely N-dealkylation sites (N-methyl/N-ethyl adjacent to an activating group) is 1. The SMILES string of the molecule is CC1CN(c2ccc(-c3cnc4[nH]cc(C5C=CC=C(C(=O)N(C)C)C=C5)c4c3)cc2)CCO1. The van der Waals surface area contributed by atoms with Crippen LogP contribution in [-0.2, 0) is 9.53 Å². The molecule has 2 atom stereocenters. The Kier molecular flexibility index (Phi) is 6.07. The van der Waals surface area contributed by atoms with Crippen molar-refractivity contribution in [3.63, 3.8) is 0 Å². The average Bonchev–Trinajstić information content (AvgIpc) is 3.12. The molecule has 1 N–H and O–H groups in total. The van der Waals surface area contributed by atoms with Gasteiger partial charge in [-0.15, -0.1) is 0 Å². The predicted molar refractivity (Wildman–Crippen MR) is 137 cm³/mol. The van der Waals surface area contributed by atoms with Gasteiger partial charge in [-0.25, -0.2) is 4.98 Å². The zero-order chi connectivity index (χ0) is 23.7. The Labute approximate surface area is 200 Å². The number of carbonyl (C=O) groups is 1. The predicted octanol–water partition coefficient (Wildman–Crippen LogP) is 4.68. The molecule has 0 radical (unpaired) electrons. The van der Waals surface area contributed by atoms with Crippen molar-refractivity contribution in [3.8, 4) is 11.1 Å². The molecule has 6 heteroatoms. The lowest BCUT2D eigenvalue weighted by molar-refractivity contribution is -0.124. The van der Waals surface area contributed by atoms with Crippen LogP contribution in [0.5, 0.6) is 0 Å². The first-order chi connectivity index (χ1) is 16.5. The third-order valence-electron chi connectivity index (χ3n) is 6.46. The average molecular weight is 455 g/mol. The standard InChI is InChI=1S/C28H30N4O2/c1-19-18-32(13-14-34-19)24-11-9-20(10-12-24)23-15-25-26(17-30-27(25)29-16-23)21-5-4-6-22(8-7-21)28(33)31(2)3/h4-12,15-17,19,21H,13-14,18H2,1-3H3,(H,29,30). The number of ether oxygens (including phenoxy) is 1. The maximum absolute atomic E-state index is 12.3. The molecule has 5 rings (SSSR count). The molecule has 34 heavy (non-hydrogen) atoms. The van der Waals surface area contributed by atoms with Crippen molar-refractivity contribution in [2.45, 2.75) is 18.9 Å². The largest absolute Gasteiger partial charge is 0.375 e. The van der Waals surface area contributed by atoms with Crippen LogP contribution in [0.2, 0.25) is 0 Å². The summed E-state index contributed by atoms with van der Waals surface area (Å²) in [5.41, 5.74) is 6.12. The first-order valence-electron chi connectivity index (χ1n) is 11.7. The van der Waals surface area contributed by atoms with E-state index in [2.05, 4.69) is 64.3 Å². The Morgan fingerprint density at radius 3 is 2.76 bits per heavy atom. The smallest absolute Gasteiger partial charge is 0.253 e. The third-order valence-corrected chi connectivity index (χ3v) is 6.46. The van der Waals surface area contributed by atoms with Gasteiger partial charge in [-0.1, -0.05) is 36.4 Å². The van der Waals surface area contributed by atoms with Gasteiger partial charge in [0, 0.05) is 67.7 Å². The molecule has 1 fully saturated rings. The number of allylic oxidation sites excluding steroid dienone is 4. The summed E-state index contributed by atoms with van der Waals surface area (Å²) in [6, 6.07) is 10.9. The highest BCUT2D eigenvalue weighted by Gasteiger charge is 2.18. The molecule has 3 aromatic rings. The van der Waals surface area contributed by atoms with Crippen LogP contribution in [0.3, 0.4) is 0 Å². The number of nitrogens with one attached hydrogen (secondary N) is 1. The van der Waals surface area contributed by atoms with Gasteiger partial charge in [0.15, 0.2) is 0 Å². The van der Waals surface area contributed by atoms with Crippen molar-refractivity contribution in [3.05, 3.63) is 84.2 Å². The van der Waals surface area contributed by atoms with E-state index in [9.17, 15) is 4.79 Å². The van der Waals surface area contributed by atoms with Gasteiger partial charge < -0.3 is 19.5 Å². The monoisotopic (exact) mass is 454 g/mol. The number of aromatic nitrogens is 2. The van der Waals surface area contributed by atoms with Crippen LogP contribution in [0, 0.1) is 0 Å². The van der Waals surface area contributed by atoms with E-state index in [1.54, 1.807) is 19.0 Å². The summed E-state index contributed by atoms with van der Waals surface area (Å²) < 4.78 is 5.67. The highest BCUT2D eigenvalue weighted by atomic mass is 16.5. The van der Waals surface area contributed by atoms with Crippen LogP contribution >= 0.6 is 0 Å². The van der Waals surface area contributed by atoms with Crippen molar-refractivity contribution in [1.82, 2.24) is 14.9 Å². The molecule has 1 amide bonds. The fourth-order valence-corrected chi connectivity index (χ4v) is 4.59. The maximum Gasteiger partial charge on any atom is 0.253 e. The van der Waals surface area contributed by atoms with Gasteiger partial charge >= 0.3 is 0 Å². The molecule has 1 saturated heterocycles. The quantitative estimate of drug-likeness (QED) is 0.622. The van der Waals surface area contributed by atoms with E-state index in [4.69, 9.17) is 4.74 Å². The zero-order valence-electron chi connectivity index (χ0n) is 19.9. The van der Waals surface area contributed by atoms with Gasteiger partial charge in [0.25, 0.3) is 5.91 Å². The first-order valence-corrected chi connectivity index (χ1v) is 11.7. The van der Waals surface area contributed by atoms with Crippen molar-refractivity contribution < 1.29 is 9.53 Å². The number of anilines is 1. The van der Waals surface area contributed by atoms with Crippen LogP contribution in [-0.4, -0.2) is 60.7 Å². The van der Waals surface area contributed by atoms with E-state index in [-0.39, 0.29) is 17.9 Å². The fourth-order valence-electron chi connectivity index (χ4n) is 4.59. The normalized spacial score (nSPS) is 20.3. The highest BCUT2D eigenvalue weighted by molar-refractivity contribution is 5.96. The number of rotatable bonds is 4. The summed E-state index contributed by atoms with van der Waals surface area (Å²) in [4.78, 5) is 24.3. The van der Waals surface area contributed by atoms with Crippen LogP contribution in [0.25, 0.3) is 22.2 Å². The van der Waals surface area contributed by atoms with Gasteiger partial charge in [-0.05, 0) is 42.3 Å². The lowest BCUT2D eigenvalue weighted by atomic mass is 9.97. The molecule has 2 aliphatic rings. The zero-order valence-corrected chi connectivity index (χ0v) is 19.9. The number of benzene rings is 1. The van der Waals surface area contributed by atoms with Crippen molar-refractivity contribution >= 4 is 22.6 Å². The van der Waals surface area contributed by atoms with E-state index < -0.39 is 0 Å². The molecule has 0 saturated carbocycles. The van der Waals surface area contributed by atoms with Gasteiger partial charge in [0.05, 0.1) is 12.7 Å². The van der Waals surface area contributed by atoms with Crippen LogP contribution in [0.1, 0.15) is 18.4 Å². The number of H-pyrrole nitrogens is 1. The number of pyridine rings is 1. The number of hydrogen-bond donors (Lipinski definition) is 1. The van der Waals surface area contributed by atoms with E-state index in [1.807, 2.05) is 30.6 Å². The Hall–Kier alpha value is -3.64. The summed E-state index contributed by atoms with van der Waals surface area (Å²) >= 11 is 0. The molecule has 1 aliphatic heterocycles. The van der Waals surface area contributed by atoms with E-state index >= 15 is 0 Å². The minimum absolute atomic E-state index is 0.000543. The number of fused-ring (bicyclic) bond motifs is 1. The molecule has 2 aromatic heterocycles. The first kappa shape index (κ1) is 22.2. The molecule has 174 valence electrons.